The summed E-state index contributed by atoms with van der Waals surface area (Å²) in [5.74, 6) is -0.312. The lowest BCUT2D eigenvalue weighted by Crippen LogP contribution is -2.07. The van der Waals surface area contributed by atoms with E-state index in [0.717, 1.165) is 11.1 Å². The molecule has 0 saturated carbocycles. The smallest absolute Gasteiger partial charge is 0.237 e. The molecule has 2 aromatic carbocycles. The molecule has 0 aliphatic carbocycles. The highest BCUT2D eigenvalue weighted by atomic mass is 33.1. The molecule has 2 aromatic rings. The van der Waals surface area contributed by atoms with Gasteiger partial charge in [0.1, 0.15) is 0 Å². The van der Waals surface area contributed by atoms with Crippen LogP contribution in [0.25, 0.3) is 11.1 Å². The van der Waals surface area contributed by atoms with Crippen molar-refractivity contribution in [1.82, 2.24) is 0 Å². The van der Waals surface area contributed by atoms with Crippen LogP contribution in [0.1, 0.15) is 13.8 Å². The van der Waals surface area contributed by atoms with Gasteiger partial charge in [0, 0.05) is 16.7 Å². The molecule has 21 heavy (non-hydrogen) atoms. The molecule has 110 valence electrons. The molecule has 0 aromatic heterocycles. The van der Waals surface area contributed by atoms with Crippen LogP contribution in [-0.4, -0.2) is 13.5 Å². The molecule has 0 aliphatic heterocycles. The number of hydrogen-bond donors (Lipinski definition) is 0. The normalized spacial score (nSPS) is 11.6. The van der Waals surface area contributed by atoms with Crippen LogP contribution in [0.5, 0.6) is 0 Å². The first-order valence-electron chi connectivity index (χ1n) is 6.54. The third-order valence-electron chi connectivity index (χ3n) is 2.91. The Kier molecular flexibility index (Phi) is 4.85. The molecule has 3 nitrogen and oxygen atoms in total. The quantitative estimate of drug-likeness (QED) is 0.800. The summed E-state index contributed by atoms with van der Waals surface area (Å²) in [5, 5.41) is -0.345. The molecular formula is C16H16O3S2. The molecule has 0 unspecified atom stereocenters. The zero-order valence-electron chi connectivity index (χ0n) is 11.8. The average molecular weight is 320 g/mol. The van der Waals surface area contributed by atoms with Gasteiger partial charge < -0.3 is 0 Å². The summed E-state index contributed by atoms with van der Waals surface area (Å²) in [6.07, 6.45) is 0. The molecule has 0 bridgehead atoms. The highest BCUT2D eigenvalue weighted by molar-refractivity contribution is 8.77. The molecule has 0 fully saturated rings. The van der Waals surface area contributed by atoms with Gasteiger partial charge in [-0.05, 0) is 23.3 Å². The van der Waals surface area contributed by atoms with Gasteiger partial charge in [0.05, 0.1) is 4.90 Å². The maximum absolute atomic E-state index is 12.1. The maximum atomic E-state index is 12.1. The number of carbonyl (C=O) groups excluding carboxylic acids is 1. The Labute approximate surface area is 128 Å². The first-order valence-corrected chi connectivity index (χ1v) is 9.35. The van der Waals surface area contributed by atoms with Crippen LogP contribution in [0.4, 0.5) is 0 Å². The second-order valence-electron chi connectivity index (χ2n) is 4.90. The summed E-state index contributed by atoms with van der Waals surface area (Å²) in [6, 6.07) is 16.3. The summed E-state index contributed by atoms with van der Waals surface area (Å²) < 4.78 is 24.3. The maximum Gasteiger partial charge on any atom is 0.237 e. The Balaban J connectivity index is 2.25. The predicted molar refractivity (Wildman–Crippen MR) is 86.5 cm³/mol. The molecule has 0 radical (unpaired) electrons. The van der Waals surface area contributed by atoms with E-state index in [2.05, 4.69) is 0 Å². The average Bonchev–Trinajstić information content (AvgIpc) is 2.48. The van der Waals surface area contributed by atoms with Crippen molar-refractivity contribution in [1.29, 1.82) is 0 Å². The number of hydrogen-bond acceptors (Lipinski definition) is 4. The fraction of sp³-hybridized carbons (Fsp3) is 0.188. The number of carbonyl (C=O) groups is 1. The third kappa shape index (κ3) is 3.95. The molecule has 0 heterocycles. The van der Waals surface area contributed by atoms with Crippen LogP contribution >= 0.6 is 10.8 Å². The van der Waals surface area contributed by atoms with Crippen molar-refractivity contribution < 1.29 is 13.2 Å². The Morgan fingerprint density at radius 2 is 1.43 bits per heavy atom. The van der Waals surface area contributed by atoms with Crippen LogP contribution in [-0.2, 0) is 13.7 Å². The molecule has 0 atom stereocenters. The van der Waals surface area contributed by atoms with Crippen LogP contribution in [0.15, 0.2) is 59.5 Å². The molecular weight excluding hydrogens is 304 g/mol. The van der Waals surface area contributed by atoms with Crippen LogP contribution in [0.3, 0.4) is 0 Å². The zero-order chi connectivity index (χ0) is 15.5. The molecule has 0 amide bonds. The summed E-state index contributed by atoms with van der Waals surface area (Å²) in [4.78, 5) is 11.8. The van der Waals surface area contributed by atoms with E-state index in [0.29, 0.717) is 10.8 Å². The molecule has 0 spiro atoms. The molecule has 2 rings (SSSR count). The molecule has 0 aliphatic rings. The Bertz CT molecular complexity index is 718. The van der Waals surface area contributed by atoms with Crippen LogP contribution < -0.4 is 0 Å². The van der Waals surface area contributed by atoms with Gasteiger partial charge in [-0.3, -0.25) is 4.79 Å². The first-order chi connectivity index (χ1) is 9.90. The van der Waals surface area contributed by atoms with Crippen LogP contribution in [0, 0.1) is 5.92 Å². The topological polar surface area (TPSA) is 51.2 Å². The SMILES string of the molecule is CC(C)C(=O)SS(=O)(=O)c1ccc(-c2ccccc2)cc1. The van der Waals surface area contributed by atoms with E-state index in [9.17, 15) is 13.2 Å². The lowest BCUT2D eigenvalue weighted by Gasteiger charge is -2.06. The minimum atomic E-state index is -3.64. The lowest BCUT2D eigenvalue weighted by atomic mass is 10.1. The second-order valence-corrected chi connectivity index (χ2v) is 8.67. The van der Waals surface area contributed by atoms with E-state index in [1.807, 2.05) is 30.3 Å². The third-order valence-corrected chi connectivity index (χ3v) is 6.35. The number of benzene rings is 2. The lowest BCUT2D eigenvalue weighted by molar-refractivity contribution is -0.113. The zero-order valence-corrected chi connectivity index (χ0v) is 13.4. The Hall–Kier alpha value is -1.59. The van der Waals surface area contributed by atoms with Crippen molar-refractivity contribution >= 4 is 24.8 Å². The molecule has 0 N–H and O–H groups in total. The summed E-state index contributed by atoms with van der Waals surface area (Å²) in [7, 11) is -3.24. The minimum Gasteiger partial charge on any atom is -0.286 e. The van der Waals surface area contributed by atoms with E-state index in [-0.39, 0.29) is 15.9 Å². The van der Waals surface area contributed by atoms with Crippen molar-refractivity contribution in [3.8, 4) is 11.1 Å². The van der Waals surface area contributed by atoms with E-state index in [4.69, 9.17) is 0 Å². The Morgan fingerprint density at radius 3 is 1.95 bits per heavy atom. The van der Waals surface area contributed by atoms with E-state index < -0.39 is 8.87 Å². The summed E-state index contributed by atoms with van der Waals surface area (Å²) in [5.41, 5.74) is 1.96. The minimum absolute atomic E-state index is 0.154. The van der Waals surface area contributed by atoms with Gasteiger partial charge in [-0.25, -0.2) is 8.42 Å². The summed E-state index contributed by atoms with van der Waals surface area (Å²) >= 11 is 0. The van der Waals surface area contributed by atoms with Crippen molar-refractivity contribution in [2.24, 2.45) is 5.92 Å². The van der Waals surface area contributed by atoms with Gasteiger partial charge in [0.2, 0.25) is 14.0 Å². The van der Waals surface area contributed by atoms with Gasteiger partial charge in [-0.2, -0.15) is 0 Å². The second kappa shape index (κ2) is 6.45. The monoisotopic (exact) mass is 320 g/mol. The van der Waals surface area contributed by atoms with E-state index in [1.54, 1.807) is 26.0 Å². The van der Waals surface area contributed by atoms with Gasteiger partial charge >= 0.3 is 0 Å². The largest absolute Gasteiger partial charge is 0.286 e. The fourth-order valence-corrected chi connectivity index (χ4v) is 4.52. The van der Waals surface area contributed by atoms with Crippen LogP contribution in [0.2, 0.25) is 0 Å². The highest BCUT2D eigenvalue weighted by Gasteiger charge is 2.22. The molecule has 5 heteroatoms. The predicted octanol–water partition coefficient (Wildman–Crippen LogP) is 3.96. The van der Waals surface area contributed by atoms with Crippen molar-refractivity contribution in [3.63, 3.8) is 0 Å². The first kappa shape index (κ1) is 15.8. The highest BCUT2D eigenvalue weighted by Crippen LogP contribution is 2.28. The molecule has 0 saturated heterocycles. The van der Waals surface area contributed by atoms with Gasteiger partial charge in [0.25, 0.3) is 0 Å². The van der Waals surface area contributed by atoms with Gasteiger partial charge in [-0.15, -0.1) is 0 Å². The van der Waals surface area contributed by atoms with Gasteiger partial charge in [0.15, 0.2) is 0 Å². The fourth-order valence-electron chi connectivity index (χ4n) is 1.70. The van der Waals surface area contributed by atoms with E-state index >= 15 is 0 Å². The van der Waals surface area contributed by atoms with Crippen molar-refractivity contribution in [2.45, 2.75) is 18.7 Å². The van der Waals surface area contributed by atoms with Gasteiger partial charge in [-0.1, -0.05) is 56.3 Å². The van der Waals surface area contributed by atoms with Crippen molar-refractivity contribution in [3.05, 3.63) is 54.6 Å². The standard InChI is InChI=1S/C16H16O3S2/c1-12(2)16(17)20-21(18,19)15-10-8-14(9-11-15)13-6-4-3-5-7-13/h3-12H,1-2H3. The van der Waals surface area contributed by atoms with Crippen molar-refractivity contribution in [2.75, 3.05) is 0 Å². The number of rotatable bonds is 4. The Morgan fingerprint density at radius 1 is 0.905 bits per heavy atom. The summed E-state index contributed by atoms with van der Waals surface area (Å²) in [6.45, 7) is 3.37. The van der Waals surface area contributed by atoms with E-state index in [1.165, 1.54) is 12.1 Å².